The minimum Gasteiger partial charge on any atom is -0.496 e. The minimum atomic E-state index is -0.876. The van der Waals surface area contributed by atoms with Crippen molar-refractivity contribution in [2.75, 3.05) is 7.11 Å². The van der Waals surface area contributed by atoms with Crippen LogP contribution in [0.5, 0.6) is 5.75 Å². The fourth-order valence-electron chi connectivity index (χ4n) is 2.12. The molecule has 2 aromatic carbocycles. The predicted molar refractivity (Wildman–Crippen MR) is 79.8 cm³/mol. The Bertz CT molecular complexity index is 676. The molecule has 2 rings (SSSR count). The summed E-state index contributed by atoms with van der Waals surface area (Å²) in [6.07, 6.45) is -0.125. The lowest BCUT2D eigenvalue weighted by Crippen LogP contribution is -2.10. The van der Waals surface area contributed by atoms with E-state index in [2.05, 4.69) is 15.9 Å². The first-order valence-corrected chi connectivity index (χ1v) is 7.03. The smallest absolute Gasteiger partial charge is 0.173 e. The van der Waals surface area contributed by atoms with Crippen molar-refractivity contribution in [2.45, 2.75) is 13.3 Å². The summed E-state index contributed by atoms with van der Waals surface area (Å²) in [7, 11) is 1.49. The second-order valence-electron chi connectivity index (χ2n) is 4.66. The van der Waals surface area contributed by atoms with Gasteiger partial charge in [-0.3, -0.25) is 4.79 Å². The normalized spacial score (nSPS) is 10.5. The van der Waals surface area contributed by atoms with Gasteiger partial charge in [0.25, 0.3) is 0 Å². The summed E-state index contributed by atoms with van der Waals surface area (Å²) in [5.41, 5.74) is 1.02. The second kappa shape index (κ2) is 6.35. The number of hydrogen-bond acceptors (Lipinski definition) is 2. The van der Waals surface area contributed by atoms with Crippen molar-refractivity contribution < 1.29 is 18.3 Å². The molecule has 0 atom stereocenters. The zero-order valence-electron chi connectivity index (χ0n) is 11.5. The Morgan fingerprint density at radius 2 is 1.81 bits per heavy atom. The average molecular weight is 355 g/mol. The number of rotatable bonds is 4. The molecule has 0 unspecified atom stereocenters. The third-order valence-electron chi connectivity index (χ3n) is 3.07. The van der Waals surface area contributed by atoms with Crippen molar-refractivity contribution in [3.05, 3.63) is 63.1 Å². The molecule has 0 fully saturated rings. The molecule has 0 saturated carbocycles. The zero-order chi connectivity index (χ0) is 15.6. The van der Waals surface area contributed by atoms with Gasteiger partial charge in [-0.1, -0.05) is 33.6 Å². The van der Waals surface area contributed by atoms with Crippen LogP contribution in [0, 0.1) is 18.6 Å². The number of aryl methyl sites for hydroxylation is 1. The van der Waals surface area contributed by atoms with Crippen molar-refractivity contribution in [2.24, 2.45) is 0 Å². The highest BCUT2D eigenvalue weighted by Crippen LogP contribution is 2.24. The molecule has 2 nitrogen and oxygen atoms in total. The SMILES string of the molecule is COc1ccc(C)cc1CC(=O)c1c(F)cc(Br)cc1F. The van der Waals surface area contributed by atoms with E-state index in [1.54, 1.807) is 12.1 Å². The predicted octanol–water partition coefficient (Wildman–Crippen LogP) is 4.47. The van der Waals surface area contributed by atoms with Gasteiger partial charge in [0, 0.05) is 16.5 Å². The molecule has 0 aromatic heterocycles. The fraction of sp³-hybridized carbons (Fsp3) is 0.188. The Morgan fingerprint density at radius 3 is 2.38 bits per heavy atom. The van der Waals surface area contributed by atoms with E-state index >= 15 is 0 Å². The van der Waals surface area contributed by atoms with Crippen molar-refractivity contribution in [3.8, 4) is 5.75 Å². The van der Waals surface area contributed by atoms with Crippen LogP contribution in [-0.4, -0.2) is 12.9 Å². The number of carbonyl (C=O) groups excluding carboxylic acids is 1. The molecule has 0 amide bonds. The molecular weight excluding hydrogens is 342 g/mol. The molecule has 21 heavy (non-hydrogen) atoms. The molecular formula is C16H13BrF2O2. The van der Waals surface area contributed by atoms with Crippen LogP contribution in [0.1, 0.15) is 21.5 Å². The molecule has 0 N–H and O–H groups in total. The number of carbonyl (C=O) groups is 1. The molecule has 2 aromatic rings. The van der Waals surface area contributed by atoms with Gasteiger partial charge >= 0.3 is 0 Å². The van der Waals surface area contributed by atoms with Crippen LogP contribution in [0.2, 0.25) is 0 Å². The number of Topliss-reactive ketones (excluding diaryl/α,β-unsaturated/α-hetero) is 1. The number of methoxy groups -OCH3 is 1. The zero-order valence-corrected chi connectivity index (χ0v) is 13.1. The average Bonchev–Trinajstić information content (AvgIpc) is 2.37. The lowest BCUT2D eigenvalue weighted by atomic mass is 10.00. The summed E-state index contributed by atoms with van der Waals surface area (Å²) in [6.45, 7) is 1.87. The van der Waals surface area contributed by atoms with E-state index in [4.69, 9.17) is 4.74 Å². The lowest BCUT2D eigenvalue weighted by molar-refractivity contribution is 0.0984. The third kappa shape index (κ3) is 3.47. The largest absolute Gasteiger partial charge is 0.496 e. The highest BCUT2D eigenvalue weighted by molar-refractivity contribution is 9.10. The molecule has 0 spiro atoms. The Labute approximate surface area is 129 Å². The molecule has 0 heterocycles. The maximum Gasteiger partial charge on any atom is 0.173 e. The minimum absolute atomic E-state index is 0.125. The number of halogens is 3. The van der Waals surface area contributed by atoms with Gasteiger partial charge in [-0.05, 0) is 25.1 Å². The molecule has 0 bridgehead atoms. The molecule has 110 valence electrons. The first-order valence-electron chi connectivity index (χ1n) is 6.23. The van der Waals surface area contributed by atoms with Gasteiger partial charge in [-0.15, -0.1) is 0 Å². The summed E-state index contributed by atoms with van der Waals surface area (Å²) < 4.78 is 33.0. The summed E-state index contributed by atoms with van der Waals surface area (Å²) in [6, 6.07) is 7.48. The van der Waals surface area contributed by atoms with Gasteiger partial charge < -0.3 is 4.74 Å². The van der Waals surface area contributed by atoms with Crippen molar-refractivity contribution >= 4 is 21.7 Å². The maximum atomic E-state index is 13.8. The van der Waals surface area contributed by atoms with Gasteiger partial charge in [0.15, 0.2) is 5.78 Å². The van der Waals surface area contributed by atoms with E-state index in [0.717, 1.165) is 17.7 Å². The number of benzene rings is 2. The standard InChI is InChI=1S/C16H13BrF2O2/c1-9-3-4-15(21-2)10(5-9)6-14(20)16-12(18)7-11(17)8-13(16)19/h3-5,7-8H,6H2,1-2H3. The molecule has 0 aliphatic rings. The fourth-order valence-corrected chi connectivity index (χ4v) is 2.52. The Balaban J connectivity index is 2.37. The summed E-state index contributed by atoms with van der Waals surface area (Å²) in [4.78, 5) is 12.2. The first-order chi connectivity index (χ1) is 9.92. The lowest BCUT2D eigenvalue weighted by Gasteiger charge is -2.10. The van der Waals surface area contributed by atoms with Crippen molar-refractivity contribution in [1.29, 1.82) is 0 Å². The molecule has 0 radical (unpaired) electrons. The topological polar surface area (TPSA) is 26.3 Å². The van der Waals surface area contributed by atoms with Crippen molar-refractivity contribution in [1.82, 2.24) is 0 Å². The summed E-state index contributed by atoms with van der Waals surface area (Å²) in [5.74, 6) is -1.86. The van der Waals surface area contributed by atoms with E-state index in [9.17, 15) is 13.6 Å². The van der Waals surface area contributed by atoms with E-state index in [1.807, 2.05) is 13.0 Å². The number of ketones is 1. The van der Waals surface area contributed by atoms with Crippen LogP contribution in [0.25, 0.3) is 0 Å². The number of ether oxygens (including phenoxy) is 1. The Hall–Kier alpha value is -1.75. The molecule has 5 heteroatoms. The summed E-state index contributed by atoms with van der Waals surface area (Å²) >= 11 is 2.98. The Kier molecular flexibility index (Phi) is 4.73. The quantitative estimate of drug-likeness (QED) is 0.757. The van der Waals surface area contributed by atoms with Gasteiger partial charge in [0.05, 0.1) is 12.7 Å². The summed E-state index contributed by atoms with van der Waals surface area (Å²) in [5, 5.41) is 0. The van der Waals surface area contributed by atoms with Crippen LogP contribution in [0.4, 0.5) is 8.78 Å². The highest BCUT2D eigenvalue weighted by Gasteiger charge is 2.20. The first kappa shape index (κ1) is 15.6. The van der Waals surface area contributed by atoms with Gasteiger partial charge in [0.2, 0.25) is 0 Å². The van der Waals surface area contributed by atoms with Crippen LogP contribution >= 0.6 is 15.9 Å². The monoisotopic (exact) mass is 354 g/mol. The Morgan fingerprint density at radius 1 is 1.19 bits per heavy atom. The van der Waals surface area contributed by atoms with Crippen LogP contribution in [0.15, 0.2) is 34.8 Å². The van der Waals surface area contributed by atoms with E-state index < -0.39 is 23.0 Å². The van der Waals surface area contributed by atoms with E-state index in [-0.39, 0.29) is 10.9 Å². The van der Waals surface area contributed by atoms with Crippen molar-refractivity contribution in [3.63, 3.8) is 0 Å². The van der Waals surface area contributed by atoms with Crippen LogP contribution in [-0.2, 0) is 6.42 Å². The van der Waals surface area contributed by atoms with E-state index in [1.165, 1.54) is 7.11 Å². The van der Waals surface area contributed by atoms with Gasteiger partial charge in [-0.2, -0.15) is 0 Å². The second-order valence-corrected chi connectivity index (χ2v) is 5.58. The maximum absolute atomic E-state index is 13.8. The molecule has 0 saturated heterocycles. The molecule has 0 aliphatic carbocycles. The number of hydrogen-bond donors (Lipinski definition) is 0. The molecule has 0 aliphatic heterocycles. The highest BCUT2D eigenvalue weighted by atomic mass is 79.9. The van der Waals surface area contributed by atoms with Gasteiger partial charge in [-0.25, -0.2) is 8.78 Å². The van der Waals surface area contributed by atoms with E-state index in [0.29, 0.717) is 11.3 Å². The van der Waals surface area contributed by atoms with Crippen LogP contribution < -0.4 is 4.74 Å². The van der Waals surface area contributed by atoms with Gasteiger partial charge in [0.1, 0.15) is 17.4 Å². The van der Waals surface area contributed by atoms with Crippen LogP contribution in [0.3, 0.4) is 0 Å². The third-order valence-corrected chi connectivity index (χ3v) is 3.53.